The molecule has 0 bridgehead atoms. The van der Waals surface area contributed by atoms with Crippen molar-refractivity contribution in [1.82, 2.24) is 14.3 Å². The molecule has 0 saturated carbocycles. The Hall–Kier alpha value is -1.75. The van der Waals surface area contributed by atoms with Gasteiger partial charge in [0, 0.05) is 24.0 Å². The molecule has 1 fully saturated rings. The zero-order valence-electron chi connectivity index (χ0n) is 13.9. The zero-order valence-corrected chi connectivity index (χ0v) is 15.4. The molecule has 2 N–H and O–H groups in total. The molecule has 25 heavy (non-hydrogen) atoms. The number of likely N-dealkylation sites (tertiary alicyclic amines) is 1. The Morgan fingerprint density at radius 2 is 1.80 bits per heavy atom. The highest BCUT2D eigenvalue weighted by atomic mass is 35.5. The van der Waals surface area contributed by atoms with E-state index in [1.54, 1.807) is 0 Å². The summed E-state index contributed by atoms with van der Waals surface area (Å²) in [6.07, 6.45) is 5.76. The van der Waals surface area contributed by atoms with E-state index in [2.05, 4.69) is 9.30 Å². The molecule has 0 unspecified atom stereocenters. The number of aromatic nitrogens is 2. The molecule has 0 spiro atoms. The second-order valence-electron chi connectivity index (χ2n) is 6.56. The molecule has 2 aromatic heterocycles. The lowest BCUT2D eigenvalue weighted by Gasteiger charge is -2.26. The number of nitrogens with zero attached hydrogens (tertiary/aromatic N) is 3. The molecule has 6 heteroatoms. The van der Waals surface area contributed by atoms with Gasteiger partial charge in [0.15, 0.2) is 0 Å². The van der Waals surface area contributed by atoms with Gasteiger partial charge in [-0.3, -0.25) is 4.90 Å². The number of fused-ring (bicyclic) bond motifs is 1. The third kappa shape index (κ3) is 3.34. The van der Waals surface area contributed by atoms with Crippen molar-refractivity contribution in [2.45, 2.75) is 25.8 Å². The average Bonchev–Trinajstić information content (AvgIpc) is 2.96. The molecular formula is C19H20Cl2N4. The summed E-state index contributed by atoms with van der Waals surface area (Å²) in [5.74, 6) is 0. The Labute approximate surface area is 157 Å². The molecule has 1 aliphatic rings. The summed E-state index contributed by atoms with van der Waals surface area (Å²) in [6.45, 7) is 3.09. The van der Waals surface area contributed by atoms with Crippen LogP contribution in [0.15, 0.2) is 36.5 Å². The minimum absolute atomic E-state index is 0.541. The highest BCUT2D eigenvalue weighted by molar-refractivity contribution is 6.42. The van der Waals surface area contributed by atoms with E-state index in [1.807, 2.05) is 36.5 Å². The fraction of sp³-hybridized carbons (Fsp3) is 0.316. The monoisotopic (exact) mass is 374 g/mol. The van der Waals surface area contributed by atoms with Crippen molar-refractivity contribution in [2.75, 3.05) is 18.8 Å². The minimum Gasteiger partial charge on any atom is -0.398 e. The number of anilines is 1. The smallest absolute Gasteiger partial charge is 0.137 e. The zero-order chi connectivity index (χ0) is 17.4. The van der Waals surface area contributed by atoms with Crippen LogP contribution in [-0.4, -0.2) is 27.4 Å². The molecule has 1 aliphatic heterocycles. The molecule has 1 saturated heterocycles. The van der Waals surface area contributed by atoms with E-state index in [-0.39, 0.29) is 0 Å². The molecule has 1 aromatic carbocycles. The van der Waals surface area contributed by atoms with Gasteiger partial charge in [-0.2, -0.15) is 0 Å². The highest BCUT2D eigenvalue weighted by Gasteiger charge is 2.19. The second-order valence-corrected chi connectivity index (χ2v) is 7.38. The van der Waals surface area contributed by atoms with Gasteiger partial charge in [0.1, 0.15) is 5.65 Å². The van der Waals surface area contributed by atoms with Gasteiger partial charge in [-0.05, 0) is 50.2 Å². The number of halogens is 2. The summed E-state index contributed by atoms with van der Waals surface area (Å²) in [5, 5.41) is 1.09. The van der Waals surface area contributed by atoms with Crippen molar-refractivity contribution in [3.05, 3.63) is 52.3 Å². The van der Waals surface area contributed by atoms with Gasteiger partial charge in [-0.25, -0.2) is 4.98 Å². The van der Waals surface area contributed by atoms with E-state index in [4.69, 9.17) is 33.9 Å². The predicted molar refractivity (Wildman–Crippen MR) is 104 cm³/mol. The number of rotatable bonds is 3. The van der Waals surface area contributed by atoms with Crippen molar-refractivity contribution in [1.29, 1.82) is 0 Å². The minimum atomic E-state index is 0.541. The Morgan fingerprint density at radius 1 is 1.00 bits per heavy atom. The van der Waals surface area contributed by atoms with Gasteiger partial charge in [-0.1, -0.05) is 35.7 Å². The lowest BCUT2D eigenvalue weighted by Crippen LogP contribution is -2.29. The summed E-state index contributed by atoms with van der Waals surface area (Å²) < 4.78 is 2.10. The molecule has 0 amide bonds. The Kier molecular flexibility index (Phi) is 4.59. The van der Waals surface area contributed by atoms with E-state index in [9.17, 15) is 0 Å². The molecule has 0 atom stereocenters. The number of piperidine rings is 1. The van der Waals surface area contributed by atoms with Crippen LogP contribution in [0.3, 0.4) is 0 Å². The topological polar surface area (TPSA) is 46.6 Å². The first-order valence-corrected chi connectivity index (χ1v) is 9.31. The molecule has 4 nitrogen and oxygen atoms in total. The number of nitrogen functional groups attached to an aromatic ring is 1. The normalized spacial score (nSPS) is 15.8. The van der Waals surface area contributed by atoms with Crippen LogP contribution in [0.5, 0.6) is 0 Å². The molecule has 130 valence electrons. The van der Waals surface area contributed by atoms with Crippen LogP contribution in [0.2, 0.25) is 10.0 Å². The maximum absolute atomic E-state index is 6.23. The summed E-state index contributed by atoms with van der Waals surface area (Å²) in [7, 11) is 0. The number of nitrogens with two attached hydrogens (primary N) is 1. The van der Waals surface area contributed by atoms with E-state index < -0.39 is 0 Å². The molecule has 3 heterocycles. The first-order chi connectivity index (χ1) is 12.1. The fourth-order valence-corrected chi connectivity index (χ4v) is 3.76. The first kappa shape index (κ1) is 16.7. The summed E-state index contributed by atoms with van der Waals surface area (Å²) >= 11 is 12.3. The lowest BCUT2D eigenvalue weighted by molar-refractivity contribution is 0.218. The van der Waals surface area contributed by atoms with Crippen molar-refractivity contribution >= 4 is 34.5 Å². The van der Waals surface area contributed by atoms with Crippen molar-refractivity contribution in [2.24, 2.45) is 0 Å². The fourth-order valence-electron chi connectivity index (χ4n) is 3.46. The van der Waals surface area contributed by atoms with Crippen molar-refractivity contribution in [3.8, 4) is 11.3 Å². The van der Waals surface area contributed by atoms with Crippen LogP contribution < -0.4 is 5.73 Å². The number of hydrogen-bond donors (Lipinski definition) is 1. The predicted octanol–water partition coefficient (Wildman–Crippen LogP) is 4.88. The van der Waals surface area contributed by atoms with Gasteiger partial charge in [0.2, 0.25) is 0 Å². The van der Waals surface area contributed by atoms with Crippen molar-refractivity contribution in [3.63, 3.8) is 0 Å². The second kappa shape index (κ2) is 6.87. The number of imidazole rings is 1. The van der Waals surface area contributed by atoms with E-state index in [0.29, 0.717) is 10.0 Å². The van der Waals surface area contributed by atoms with Crippen LogP contribution >= 0.6 is 23.2 Å². The number of pyridine rings is 1. The highest BCUT2D eigenvalue weighted by Crippen LogP contribution is 2.32. The van der Waals surface area contributed by atoms with Crippen LogP contribution in [0.25, 0.3) is 16.9 Å². The molecular weight excluding hydrogens is 355 g/mol. The summed E-state index contributed by atoms with van der Waals surface area (Å²) in [4.78, 5) is 7.32. The lowest BCUT2D eigenvalue weighted by atomic mass is 10.1. The first-order valence-electron chi connectivity index (χ1n) is 8.56. The maximum atomic E-state index is 6.23. The molecule has 4 rings (SSSR count). The Morgan fingerprint density at radius 3 is 2.56 bits per heavy atom. The van der Waals surface area contributed by atoms with Gasteiger partial charge in [-0.15, -0.1) is 0 Å². The SMILES string of the molecule is Nc1ccc2nc(-c3ccc(Cl)c(Cl)c3)c(CN3CCCCC3)n2c1. The van der Waals surface area contributed by atoms with Crippen LogP contribution in [0.4, 0.5) is 5.69 Å². The van der Waals surface area contributed by atoms with Crippen LogP contribution in [-0.2, 0) is 6.54 Å². The maximum Gasteiger partial charge on any atom is 0.137 e. The molecule has 0 aliphatic carbocycles. The molecule has 3 aromatic rings. The third-order valence-electron chi connectivity index (χ3n) is 4.76. The van der Waals surface area contributed by atoms with Gasteiger partial charge in [0.05, 0.1) is 21.4 Å². The summed E-state index contributed by atoms with van der Waals surface area (Å²) in [5.41, 5.74) is 10.7. The van der Waals surface area contributed by atoms with Gasteiger partial charge in [0.25, 0.3) is 0 Å². The van der Waals surface area contributed by atoms with Crippen LogP contribution in [0, 0.1) is 0 Å². The third-order valence-corrected chi connectivity index (χ3v) is 5.49. The van der Waals surface area contributed by atoms with E-state index in [1.165, 1.54) is 19.3 Å². The molecule has 0 radical (unpaired) electrons. The van der Waals surface area contributed by atoms with Crippen LogP contribution in [0.1, 0.15) is 25.0 Å². The Bertz CT molecular complexity index is 913. The standard InChI is InChI=1S/C19H20Cl2N4/c20-15-6-4-13(10-16(15)21)19-17(12-24-8-2-1-3-9-24)25-11-14(22)5-7-18(25)23-19/h4-7,10-11H,1-3,8-9,12,22H2. The van der Waals surface area contributed by atoms with E-state index in [0.717, 1.165) is 47.9 Å². The number of benzene rings is 1. The quantitative estimate of drug-likeness (QED) is 0.710. The van der Waals surface area contributed by atoms with Crippen molar-refractivity contribution < 1.29 is 0 Å². The van der Waals surface area contributed by atoms with E-state index >= 15 is 0 Å². The average molecular weight is 375 g/mol. The largest absolute Gasteiger partial charge is 0.398 e. The van der Waals surface area contributed by atoms with Gasteiger partial charge >= 0.3 is 0 Å². The Balaban J connectivity index is 1.83. The van der Waals surface area contributed by atoms with Gasteiger partial charge < -0.3 is 10.1 Å². The summed E-state index contributed by atoms with van der Waals surface area (Å²) in [6, 6.07) is 9.51. The number of hydrogen-bond acceptors (Lipinski definition) is 3.